The number of carboxylic acids is 1. The third-order valence-electron chi connectivity index (χ3n) is 6.91. The zero-order valence-electron chi connectivity index (χ0n) is 21.7. The molecule has 0 amide bonds. The number of rotatable bonds is 4. The van der Waals surface area contributed by atoms with Crippen molar-refractivity contribution < 1.29 is 29.4 Å². The van der Waals surface area contributed by atoms with Crippen LogP contribution in [0.25, 0.3) is 0 Å². The third-order valence-corrected chi connectivity index (χ3v) is 6.91. The first kappa shape index (κ1) is 29.9. The molecule has 7 heteroatoms. The van der Waals surface area contributed by atoms with Crippen LogP contribution in [0.1, 0.15) is 31.7 Å². The molecule has 0 aromatic heterocycles. The minimum Gasteiger partial charge on any atom is -0.481 e. The SMILES string of the molecule is C1=CCC(CN2CCCN3CCN(CCCN(Cc4ccccc4)CC3)CC2)C=C1.CC(=O)O.[Zn]. The van der Waals surface area contributed by atoms with E-state index in [1.807, 2.05) is 0 Å². The van der Waals surface area contributed by atoms with Crippen molar-refractivity contribution in [2.75, 3.05) is 72.0 Å². The summed E-state index contributed by atoms with van der Waals surface area (Å²) in [7, 11) is 0. The molecule has 0 saturated carbocycles. The molecule has 3 aliphatic rings. The first-order valence-corrected chi connectivity index (χ1v) is 13.0. The van der Waals surface area contributed by atoms with Crippen LogP contribution in [0.2, 0.25) is 0 Å². The summed E-state index contributed by atoms with van der Waals surface area (Å²) < 4.78 is 0. The summed E-state index contributed by atoms with van der Waals surface area (Å²) >= 11 is 0. The van der Waals surface area contributed by atoms with Crippen molar-refractivity contribution in [3.63, 3.8) is 0 Å². The van der Waals surface area contributed by atoms with Crippen molar-refractivity contribution in [3.05, 3.63) is 60.2 Å². The number of carboxylic acid groups (broad SMARTS) is 1. The van der Waals surface area contributed by atoms with E-state index in [4.69, 9.17) is 9.90 Å². The fraction of sp³-hybridized carbons (Fsp3) is 0.607. The Morgan fingerprint density at radius 3 is 2.00 bits per heavy atom. The zero-order valence-corrected chi connectivity index (χ0v) is 24.7. The van der Waals surface area contributed by atoms with Crippen molar-refractivity contribution in [2.45, 2.75) is 32.7 Å². The van der Waals surface area contributed by atoms with Gasteiger partial charge in [-0.3, -0.25) is 9.69 Å². The molecule has 0 spiro atoms. The molecule has 2 fully saturated rings. The van der Waals surface area contributed by atoms with Gasteiger partial charge in [0, 0.05) is 78.8 Å². The van der Waals surface area contributed by atoms with Gasteiger partial charge in [0.15, 0.2) is 0 Å². The first-order valence-electron chi connectivity index (χ1n) is 13.0. The summed E-state index contributed by atoms with van der Waals surface area (Å²) in [4.78, 5) is 19.9. The molecule has 1 aliphatic carbocycles. The zero-order chi connectivity index (χ0) is 24.0. The standard InChI is InChI=1S/C26H40N4.C2H4O2.Zn/c1-3-9-25(10-4-1)23-29-15-7-13-28-18-17-27(19-21-29)14-8-16-30(22-20-28)24-26-11-5-2-6-12-26;1-2(3)4;/h1-6,9-11,26H,7-8,12-24H2;1H3,(H,3,4);. The Bertz CT molecular complexity index is 769. The summed E-state index contributed by atoms with van der Waals surface area (Å²) in [5.74, 6) is -0.132. The number of benzene rings is 1. The molecule has 1 N–H and O–H groups in total. The fourth-order valence-corrected chi connectivity index (χ4v) is 5.06. The van der Waals surface area contributed by atoms with Gasteiger partial charge in [-0.2, -0.15) is 0 Å². The Kier molecular flexibility index (Phi) is 14.6. The van der Waals surface area contributed by atoms with Gasteiger partial charge in [0.2, 0.25) is 0 Å². The van der Waals surface area contributed by atoms with E-state index in [1.54, 1.807) is 0 Å². The molecule has 2 bridgehead atoms. The molecule has 2 saturated heterocycles. The molecule has 1 aromatic rings. The summed E-state index contributed by atoms with van der Waals surface area (Å²) in [6.45, 7) is 15.6. The largest absolute Gasteiger partial charge is 0.481 e. The Morgan fingerprint density at radius 2 is 1.40 bits per heavy atom. The Morgan fingerprint density at radius 1 is 0.829 bits per heavy atom. The number of aliphatic carboxylic acids is 1. The van der Waals surface area contributed by atoms with E-state index in [1.165, 1.54) is 96.8 Å². The number of carbonyl (C=O) groups is 1. The molecule has 0 radical (unpaired) electrons. The molecule has 2 aliphatic heterocycles. The molecule has 4 rings (SSSR count). The van der Waals surface area contributed by atoms with Gasteiger partial charge in [0.25, 0.3) is 5.97 Å². The minimum absolute atomic E-state index is 0. The number of fused-ring (bicyclic) bond motifs is 3. The molecule has 3 unspecified atom stereocenters. The molecular weight excluding hydrogens is 490 g/mol. The summed E-state index contributed by atoms with van der Waals surface area (Å²) in [6.07, 6.45) is 12.9. The Hall–Kier alpha value is -1.37. The van der Waals surface area contributed by atoms with Crippen LogP contribution in [0, 0.1) is 5.92 Å². The quantitative estimate of drug-likeness (QED) is 0.599. The molecule has 35 heavy (non-hydrogen) atoms. The second-order valence-corrected chi connectivity index (χ2v) is 9.78. The Balaban J connectivity index is 0.000000804. The average Bonchev–Trinajstić information content (AvgIpc) is 2.83. The maximum absolute atomic E-state index is 9.00. The predicted octanol–water partition coefficient (Wildman–Crippen LogP) is 3.42. The monoisotopic (exact) mass is 532 g/mol. The van der Waals surface area contributed by atoms with E-state index < -0.39 is 5.97 Å². The number of allylic oxidation sites excluding steroid dienone is 3. The molecule has 1 aromatic carbocycles. The topological polar surface area (TPSA) is 50.3 Å². The molecule has 3 atom stereocenters. The summed E-state index contributed by atoms with van der Waals surface area (Å²) in [5.41, 5.74) is 1.45. The second-order valence-electron chi connectivity index (χ2n) is 9.78. The van der Waals surface area contributed by atoms with Gasteiger partial charge in [0.05, 0.1) is 0 Å². The van der Waals surface area contributed by atoms with Gasteiger partial charge >= 0.3 is 0 Å². The van der Waals surface area contributed by atoms with Gasteiger partial charge < -0.3 is 19.8 Å². The van der Waals surface area contributed by atoms with Crippen LogP contribution < -0.4 is 0 Å². The van der Waals surface area contributed by atoms with Crippen molar-refractivity contribution in [1.29, 1.82) is 0 Å². The molecule has 6 nitrogen and oxygen atoms in total. The van der Waals surface area contributed by atoms with Crippen LogP contribution in [-0.4, -0.2) is 103 Å². The van der Waals surface area contributed by atoms with E-state index in [2.05, 4.69) is 74.2 Å². The van der Waals surface area contributed by atoms with Gasteiger partial charge in [-0.1, -0.05) is 54.6 Å². The molecule has 190 valence electrons. The van der Waals surface area contributed by atoms with Crippen LogP contribution in [0.15, 0.2) is 54.6 Å². The average molecular weight is 534 g/mol. The van der Waals surface area contributed by atoms with Crippen molar-refractivity contribution in [1.82, 2.24) is 19.6 Å². The van der Waals surface area contributed by atoms with Gasteiger partial charge in [-0.25, -0.2) is 0 Å². The van der Waals surface area contributed by atoms with Gasteiger partial charge in [-0.15, -0.1) is 0 Å². The Labute approximate surface area is 225 Å². The second kappa shape index (κ2) is 17.2. The summed E-state index contributed by atoms with van der Waals surface area (Å²) in [5, 5.41) is 7.42. The van der Waals surface area contributed by atoms with Gasteiger partial charge in [-0.05, 0) is 56.9 Å². The molecule has 2 heterocycles. The third kappa shape index (κ3) is 12.4. The van der Waals surface area contributed by atoms with E-state index in [-0.39, 0.29) is 19.5 Å². The maximum atomic E-state index is 9.00. The maximum Gasteiger partial charge on any atom is 0.300 e. The minimum atomic E-state index is -0.833. The smallest absolute Gasteiger partial charge is 0.300 e. The van der Waals surface area contributed by atoms with E-state index >= 15 is 0 Å². The van der Waals surface area contributed by atoms with Crippen LogP contribution in [0.3, 0.4) is 0 Å². The van der Waals surface area contributed by atoms with Crippen LogP contribution >= 0.6 is 0 Å². The van der Waals surface area contributed by atoms with Crippen molar-refractivity contribution >= 4 is 5.97 Å². The van der Waals surface area contributed by atoms with E-state index in [0.717, 1.165) is 13.5 Å². The number of hydrogen-bond donors (Lipinski definition) is 1. The first-order chi connectivity index (χ1) is 16.6. The van der Waals surface area contributed by atoms with Crippen molar-refractivity contribution in [3.8, 4) is 0 Å². The predicted molar refractivity (Wildman–Crippen MR) is 140 cm³/mol. The number of hydrogen-bond acceptors (Lipinski definition) is 5. The van der Waals surface area contributed by atoms with Crippen LogP contribution in [0.4, 0.5) is 0 Å². The summed E-state index contributed by atoms with van der Waals surface area (Å²) in [6, 6.07) is 11.0. The molecular formula is C28H44N4O2Zn. The van der Waals surface area contributed by atoms with E-state index in [9.17, 15) is 0 Å². The fourth-order valence-electron chi connectivity index (χ4n) is 5.06. The van der Waals surface area contributed by atoms with E-state index in [0.29, 0.717) is 5.92 Å². The van der Waals surface area contributed by atoms with Crippen LogP contribution in [0.5, 0.6) is 0 Å². The van der Waals surface area contributed by atoms with Gasteiger partial charge in [0.1, 0.15) is 0 Å². The number of nitrogens with zero attached hydrogens (tertiary/aromatic N) is 4. The van der Waals surface area contributed by atoms with Crippen LogP contribution in [-0.2, 0) is 30.8 Å². The van der Waals surface area contributed by atoms with Crippen molar-refractivity contribution in [2.24, 2.45) is 5.92 Å². The normalized spacial score (nSPS) is 26.1.